The van der Waals surface area contributed by atoms with E-state index in [0.717, 1.165) is 12.1 Å². The fraction of sp³-hybridized carbons (Fsp3) is 0.444. The summed E-state index contributed by atoms with van der Waals surface area (Å²) in [5.74, 6) is 0.495. The van der Waals surface area contributed by atoms with E-state index >= 15 is 0 Å². The van der Waals surface area contributed by atoms with E-state index in [0.29, 0.717) is 24.1 Å². The molecule has 1 heterocycles. The Hall–Kier alpha value is -1.67. The largest absolute Gasteiger partial charge is 0.417 e. The zero-order valence-corrected chi connectivity index (χ0v) is 16.4. The van der Waals surface area contributed by atoms with Crippen LogP contribution in [0.25, 0.3) is 6.08 Å². The molecule has 0 spiro atoms. The standard InChI is InChI=1S/C18H20ClF3N2O2S/c1-11(2)8-23-17(26)15-9-27-10-24(15)16(25)6-4-12-3-5-14(19)13(7-12)18(20,21)22/h3-7,11,15H,8-10H2,1-2H3,(H,23,26)/b6-4+. The third kappa shape index (κ3) is 5.90. The summed E-state index contributed by atoms with van der Waals surface area (Å²) in [6.07, 6.45) is -2.10. The molecule has 1 atom stereocenters. The van der Waals surface area contributed by atoms with E-state index in [4.69, 9.17) is 11.6 Å². The van der Waals surface area contributed by atoms with Gasteiger partial charge in [-0.25, -0.2) is 0 Å². The van der Waals surface area contributed by atoms with Gasteiger partial charge in [-0.2, -0.15) is 13.2 Å². The second-order valence-corrected chi connectivity index (χ2v) is 7.94. The Morgan fingerprint density at radius 2 is 2.11 bits per heavy atom. The minimum absolute atomic E-state index is 0.202. The monoisotopic (exact) mass is 420 g/mol. The van der Waals surface area contributed by atoms with Crippen molar-refractivity contribution in [2.45, 2.75) is 26.1 Å². The number of amides is 2. The Kier molecular flexibility index (Phi) is 7.22. The van der Waals surface area contributed by atoms with Gasteiger partial charge in [0.25, 0.3) is 0 Å². The molecule has 4 nitrogen and oxygen atoms in total. The molecule has 2 rings (SSSR count). The molecule has 1 aliphatic rings. The highest BCUT2D eigenvalue weighted by Crippen LogP contribution is 2.35. The molecule has 148 valence electrons. The summed E-state index contributed by atoms with van der Waals surface area (Å²) >= 11 is 7.04. The van der Waals surface area contributed by atoms with Gasteiger partial charge in [0, 0.05) is 18.4 Å². The number of nitrogens with one attached hydrogen (secondary N) is 1. The van der Waals surface area contributed by atoms with Crippen molar-refractivity contribution in [3.8, 4) is 0 Å². The number of rotatable bonds is 5. The first-order valence-corrected chi connectivity index (χ1v) is 9.83. The number of benzene rings is 1. The predicted octanol–water partition coefficient (Wildman–Crippen LogP) is 4.05. The minimum atomic E-state index is -4.57. The van der Waals surface area contributed by atoms with Crippen LogP contribution in [-0.2, 0) is 15.8 Å². The van der Waals surface area contributed by atoms with Crippen molar-refractivity contribution in [1.29, 1.82) is 0 Å². The van der Waals surface area contributed by atoms with Crippen molar-refractivity contribution in [2.75, 3.05) is 18.2 Å². The molecule has 0 aromatic heterocycles. The molecule has 1 aromatic rings. The van der Waals surface area contributed by atoms with Crippen LogP contribution in [0.1, 0.15) is 25.0 Å². The van der Waals surface area contributed by atoms with Gasteiger partial charge in [-0.15, -0.1) is 11.8 Å². The van der Waals surface area contributed by atoms with Crippen molar-refractivity contribution in [3.63, 3.8) is 0 Å². The smallest absolute Gasteiger partial charge is 0.354 e. The van der Waals surface area contributed by atoms with Gasteiger partial charge in [0.1, 0.15) is 6.04 Å². The number of alkyl halides is 3. The highest BCUT2D eigenvalue weighted by molar-refractivity contribution is 7.99. The van der Waals surface area contributed by atoms with Crippen molar-refractivity contribution in [3.05, 3.63) is 40.4 Å². The average molecular weight is 421 g/mol. The molecule has 1 N–H and O–H groups in total. The lowest BCUT2D eigenvalue weighted by molar-refractivity contribution is -0.137. The minimum Gasteiger partial charge on any atom is -0.354 e. The van der Waals surface area contributed by atoms with Crippen LogP contribution in [0.5, 0.6) is 0 Å². The lowest BCUT2D eigenvalue weighted by Crippen LogP contribution is -2.47. The van der Waals surface area contributed by atoms with Crippen LogP contribution in [0.2, 0.25) is 5.02 Å². The lowest BCUT2D eigenvalue weighted by atomic mass is 10.1. The second kappa shape index (κ2) is 9.01. The van der Waals surface area contributed by atoms with Crippen LogP contribution >= 0.6 is 23.4 Å². The Morgan fingerprint density at radius 3 is 2.74 bits per heavy atom. The number of thioether (sulfide) groups is 1. The van der Waals surface area contributed by atoms with E-state index in [1.165, 1.54) is 34.9 Å². The van der Waals surface area contributed by atoms with Gasteiger partial charge < -0.3 is 10.2 Å². The Labute approximate surface area is 165 Å². The van der Waals surface area contributed by atoms with Crippen molar-refractivity contribution in [2.24, 2.45) is 5.92 Å². The van der Waals surface area contributed by atoms with Crippen LogP contribution in [0, 0.1) is 5.92 Å². The lowest BCUT2D eigenvalue weighted by Gasteiger charge is -2.22. The predicted molar refractivity (Wildman–Crippen MR) is 101 cm³/mol. The summed E-state index contributed by atoms with van der Waals surface area (Å²) in [6, 6.07) is 2.84. The van der Waals surface area contributed by atoms with E-state index in [9.17, 15) is 22.8 Å². The molecule has 1 fully saturated rings. The van der Waals surface area contributed by atoms with E-state index in [2.05, 4.69) is 5.32 Å². The highest BCUT2D eigenvalue weighted by Gasteiger charge is 2.34. The van der Waals surface area contributed by atoms with E-state index in [1.807, 2.05) is 13.8 Å². The van der Waals surface area contributed by atoms with Gasteiger partial charge in [-0.1, -0.05) is 31.5 Å². The van der Waals surface area contributed by atoms with E-state index < -0.39 is 28.7 Å². The molecular weight excluding hydrogens is 401 g/mol. The van der Waals surface area contributed by atoms with Crippen LogP contribution in [0.3, 0.4) is 0 Å². The van der Waals surface area contributed by atoms with Crippen LogP contribution in [0.4, 0.5) is 13.2 Å². The maximum Gasteiger partial charge on any atom is 0.417 e. The average Bonchev–Trinajstić information content (AvgIpc) is 3.07. The number of hydrogen-bond acceptors (Lipinski definition) is 3. The number of nitrogens with zero attached hydrogens (tertiary/aromatic N) is 1. The molecule has 0 saturated carbocycles. The van der Waals surface area contributed by atoms with Crippen LogP contribution in [0.15, 0.2) is 24.3 Å². The third-order valence-corrected chi connectivity index (χ3v) is 5.21. The van der Waals surface area contributed by atoms with E-state index in [-0.39, 0.29) is 11.5 Å². The number of halogens is 4. The summed E-state index contributed by atoms with van der Waals surface area (Å²) in [5, 5.41) is 2.40. The molecule has 0 bridgehead atoms. The molecule has 1 aromatic carbocycles. The summed E-state index contributed by atoms with van der Waals surface area (Å²) < 4.78 is 38.7. The maximum atomic E-state index is 12.9. The third-order valence-electron chi connectivity index (χ3n) is 3.87. The molecule has 27 heavy (non-hydrogen) atoms. The second-order valence-electron chi connectivity index (χ2n) is 6.53. The molecule has 2 amide bonds. The summed E-state index contributed by atoms with van der Waals surface area (Å²) in [6.45, 7) is 4.45. The summed E-state index contributed by atoms with van der Waals surface area (Å²) in [4.78, 5) is 26.1. The Balaban J connectivity index is 2.08. The molecule has 0 aliphatic carbocycles. The van der Waals surface area contributed by atoms with Gasteiger partial charge in [-0.05, 0) is 29.7 Å². The first-order chi connectivity index (χ1) is 12.6. The Morgan fingerprint density at radius 1 is 1.41 bits per heavy atom. The SMILES string of the molecule is CC(C)CNC(=O)C1CSCN1C(=O)/C=C/c1ccc(Cl)c(C(F)(F)F)c1. The summed E-state index contributed by atoms with van der Waals surface area (Å²) in [7, 11) is 0. The maximum absolute atomic E-state index is 12.9. The number of carbonyl (C=O) groups excluding carboxylic acids is 2. The van der Waals surface area contributed by atoms with Crippen LogP contribution < -0.4 is 5.32 Å². The van der Waals surface area contributed by atoms with Crippen molar-refractivity contribution in [1.82, 2.24) is 10.2 Å². The topological polar surface area (TPSA) is 49.4 Å². The van der Waals surface area contributed by atoms with Gasteiger partial charge in [-0.3, -0.25) is 9.59 Å². The molecule has 1 saturated heterocycles. The number of carbonyl (C=O) groups is 2. The van der Waals surface area contributed by atoms with E-state index in [1.54, 1.807) is 0 Å². The van der Waals surface area contributed by atoms with Gasteiger partial charge in [0.05, 0.1) is 16.5 Å². The van der Waals surface area contributed by atoms with Gasteiger partial charge in [0.2, 0.25) is 11.8 Å². The molecule has 9 heteroatoms. The fourth-order valence-electron chi connectivity index (χ4n) is 2.43. The fourth-order valence-corrected chi connectivity index (χ4v) is 3.82. The highest BCUT2D eigenvalue weighted by atomic mass is 35.5. The number of hydrogen-bond donors (Lipinski definition) is 1. The van der Waals surface area contributed by atoms with Gasteiger partial charge >= 0.3 is 6.18 Å². The summed E-state index contributed by atoms with van der Waals surface area (Å²) in [5.41, 5.74) is -0.755. The zero-order chi connectivity index (χ0) is 20.2. The van der Waals surface area contributed by atoms with Crippen molar-refractivity contribution < 1.29 is 22.8 Å². The van der Waals surface area contributed by atoms with Gasteiger partial charge in [0.15, 0.2) is 0 Å². The normalized spacial score (nSPS) is 17.7. The molecule has 1 aliphatic heterocycles. The first kappa shape index (κ1) is 21.6. The van der Waals surface area contributed by atoms with Crippen LogP contribution in [-0.4, -0.2) is 40.9 Å². The zero-order valence-electron chi connectivity index (χ0n) is 14.8. The molecule has 1 unspecified atom stereocenters. The quantitative estimate of drug-likeness (QED) is 0.731. The van der Waals surface area contributed by atoms with Crippen molar-refractivity contribution >= 4 is 41.3 Å². The Bertz CT molecular complexity index is 738. The molecule has 0 radical (unpaired) electrons. The first-order valence-electron chi connectivity index (χ1n) is 8.30. The molecular formula is C18H20ClF3N2O2S.